The van der Waals surface area contributed by atoms with Gasteiger partial charge in [0.1, 0.15) is 6.07 Å². The van der Waals surface area contributed by atoms with E-state index in [1.165, 1.54) is 0 Å². The third kappa shape index (κ3) is 3.94. The van der Waals surface area contributed by atoms with Gasteiger partial charge >= 0.3 is 0 Å². The number of fused-ring (bicyclic) bond motifs is 1. The highest BCUT2D eigenvalue weighted by Gasteiger charge is 2.19. The molecule has 0 saturated carbocycles. The first kappa shape index (κ1) is 16.2. The van der Waals surface area contributed by atoms with Crippen LogP contribution < -0.4 is 5.32 Å². The van der Waals surface area contributed by atoms with Crippen LogP contribution in [0.1, 0.15) is 52.9 Å². The van der Waals surface area contributed by atoms with Crippen molar-refractivity contribution in [2.24, 2.45) is 10.8 Å². The van der Waals surface area contributed by atoms with Gasteiger partial charge in [-0.1, -0.05) is 41.5 Å². The number of hydrogen-bond donors (Lipinski definition) is 1. The molecule has 2 rings (SSSR count). The zero-order chi connectivity index (χ0) is 16.5. The van der Waals surface area contributed by atoms with Crippen LogP contribution in [0.2, 0.25) is 0 Å². The molecule has 0 aromatic carbocycles. The lowest BCUT2D eigenvalue weighted by Gasteiger charge is -2.19. The quantitative estimate of drug-likeness (QED) is 0.942. The normalized spacial score (nSPS) is 12.4. The van der Waals surface area contributed by atoms with Crippen LogP contribution in [0.3, 0.4) is 0 Å². The van der Waals surface area contributed by atoms with E-state index in [4.69, 9.17) is 0 Å². The Labute approximate surface area is 131 Å². The molecular formula is C16H24N6. The highest BCUT2D eigenvalue weighted by molar-refractivity contribution is 5.52. The molecule has 0 unspecified atom stereocenters. The first-order valence-corrected chi connectivity index (χ1v) is 7.48. The summed E-state index contributed by atoms with van der Waals surface area (Å²) in [5, 5.41) is 16.9. The fourth-order valence-electron chi connectivity index (χ4n) is 2.13. The van der Waals surface area contributed by atoms with Crippen LogP contribution in [0, 0.1) is 22.2 Å². The van der Waals surface area contributed by atoms with Gasteiger partial charge in [0.2, 0.25) is 11.8 Å². The Morgan fingerprint density at radius 3 is 2.36 bits per heavy atom. The Hall–Kier alpha value is -2.16. The molecule has 6 heteroatoms. The minimum atomic E-state index is 0.103. The summed E-state index contributed by atoms with van der Waals surface area (Å²) in [4.78, 5) is 8.58. The van der Waals surface area contributed by atoms with Gasteiger partial charge in [0.15, 0.2) is 5.65 Å². The summed E-state index contributed by atoms with van der Waals surface area (Å²) in [7, 11) is 0. The minimum Gasteiger partial charge on any atom is -0.354 e. The number of anilines is 1. The van der Waals surface area contributed by atoms with Crippen molar-refractivity contribution in [1.82, 2.24) is 19.6 Å². The summed E-state index contributed by atoms with van der Waals surface area (Å²) in [6.07, 6.45) is 2.66. The van der Waals surface area contributed by atoms with Crippen molar-refractivity contribution in [2.45, 2.75) is 48.0 Å². The third-order valence-electron chi connectivity index (χ3n) is 3.04. The monoisotopic (exact) mass is 300 g/mol. The second kappa shape index (κ2) is 5.56. The number of hydrogen-bond acceptors (Lipinski definition) is 5. The molecule has 1 N–H and O–H groups in total. The van der Waals surface area contributed by atoms with Crippen molar-refractivity contribution in [3.8, 4) is 6.07 Å². The van der Waals surface area contributed by atoms with Gasteiger partial charge in [0.05, 0.1) is 6.20 Å². The van der Waals surface area contributed by atoms with Gasteiger partial charge in [-0.05, 0) is 17.3 Å². The average Bonchev–Trinajstić information content (AvgIpc) is 2.76. The van der Waals surface area contributed by atoms with Gasteiger partial charge in [-0.3, -0.25) is 0 Å². The standard InChI is InChI=1S/C16H24N6/c1-15(2,3)7-11-9-19-22-13(11)20-12(8-17)21-14(22)18-10-16(4,5)6/h9H,7,10H2,1-6H3,(H,18,20,21). The summed E-state index contributed by atoms with van der Waals surface area (Å²) in [6, 6.07) is 2.03. The zero-order valence-electron chi connectivity index (χ0n) is 14.2. The van der Waals surface area contributed by atoms with Gasteiger partial charge in [-0.25, -0.2) is 0 Å². The lowest BCUT2D eigenvalue weighted by atomic mass is 9.89. The summed E-state index contributed by atoms with van der Waals surface area (Å²) in [5.74, 6) is 0.733. The molecule has 6 nitrogen and oxygen atoms in total. The number of nitrogens with zero attached hydrogens (tertiary/aromatic N) is 5. The van der Waals surface area contributed by atoms with E-state index >= 15 is 0 Å². The van der Waals surface area contributed by atoms with Crippen molar-refractivity contribution in [3.05, 3.63) is 17.6 Å². The SMILES string of the molecule is CC(C)(C)CNc1nc(C#N)nc2c(CC(C)(C)C)cnn12. The Balaban J connectivity index is 2.47. The number of rotatable bonds is 3. The van der Waals surface area contributed by atoms with Crippen molar-refractivity contribution in [2.75, 3.05) is 11.9 Å². The molecular weight excluding hydrogens is 276 g/mol. The fourth-order valence-corrected chi connectivity index (χ4v) is 2.13. The van der Waals surface area contributed by atoms with Crippen LogP contribution in [0.15, 0.2) is 6.20 Å². The predicted octanol–water partition coefficient (Wildman–Crippen LogP) is 3.04. The van der Waals surface area contributed by atoms with Gasteiger partial charge < -0.3 is 5.32 Å². The smallest absolute Gasteiger partial charge is 0.237 e. The molecule has 0 radical (unpaired) electrons. The lowest BCUT2D eigenvalue weighted by molar-refractivity contribution is 0.412. The summed E-state index contributed by atoms with van der Waals surface area (Å²) >= 11 is 0. The van der Waals surface area contributed by atoms with E-state index < -0.39 is 0 Å². The second-order valence-electron chi connectivity index (χ2n) is 8.04. The average molecular weight is 300 g/mol. The van der Waals surface area contributed by atoms with E-state index in [1.54, 1.807) is 4.52 Å². The zero-order valence-corrected chi connectivity index (χ0v) is 14.2. The first-order valence-electron chi connectivity index (χ1n) is 7.48. The van der Waals surface area contributed by atoms with E-state index in [2.05, 4.69) is 61.9 Å². The Morgan fingerprint density at radius 1 is 1.14 bits per heavy atom. The minimum absolute atomic E-state index is 0.103. The van der Waals surface area contributed by atoms with Crippen molar-refractivity contribution in [1.29, 1.82) is 5.26 Å². The Morgan fingerprint density at radius 2 is 1.82 bits per heavy atom. The van der Waals surface area contributed by atoms with E-state index in [1.807, 2.05) is 12.3 Å². The summed E-state index contributed by atoms with van der Waals surface area (Å²) < 4.78 is 1.69. The van der Waals surface area contributed by atoms with Gasteiger partial charge in [-0.2, -0.15) is 24.8 Å². The van der Waals surface area contributed by atoms with E-state index in [0.717, 1.165) is 18.5 Å². The number of aromatic nitrogens is 4. The van der Waals surface area contributed by atoms with Crippen LogP contribution in [0.4, 0.5) is 5.95 Å². The summed E-state index contributed by atoms with van der Waals surface area (Å²) in [6.45, 7) is 13.6. The molecule has 118 valence electrons. The van der Waals surface area contributed by atoms with Crippen molar-refractivity contribution in [3.63, 3.8) is 0 Å². The number of nitriles is 1. The van der Waals surface area contributed by atoms with Gasteiger partial charge in [0, 0.05) is 12.1 Å². The van der Waals surface area contributed by atoms with Crippen LogP contribution in [0.25, 0.3) is 5.65 Å². The predicted molar refractivity (Wildman–Crippen MR) is 86.6 cm³/mol. The molecule has 0 aliphatic heterocycles. The van der Waals surface area contributed by atoms with Gasteiger partial charge in [0.25, 0.3) is 0 Å². The maximum absolute atomic E-state index is 9.18. The summed E-state index contributed by atoms with van der Waals surface area (Å²) in [5.41, 5.74) is 1.97. The first-order chi connectivity index (χ1) is 10.1. The molecule has 2 heterocycles. The molecule has 0 bridgehead atoms. The van der Waals surface area contributed by atoms with Gasteiger partial charge in [-0.15, -0.1) is 0 Å². The van der Waals surface area contributed by atoms with Crippen molar-refractivity contribution >= 4 is 11.6 Å². The molecule has 0 aliphatic carbocycles. The molecule has 2 aromatic rings. The van der Waals surface area contributed by atoms with Crippen LogP contribution in [-0.4, -0.2) is 26.1 Å². The Kier molecular flexibility index (Phi) is 4.10. The maximum atomic E-state index is 9.18. The Bertz CT molecular complexity index is 709. The van der Waals surface area contributed by atoms with Crippen LogP contribution >= 0.6 is 0 Å². The number of nitrogens with one attached hydrogen (secondary N) is 1. The second-order valence-corrected chi connectivity index (χ2v) is 8.04. The molecule has 0 atom stereocenters. The van der Waals surface area contributed by atoms with E-state index in [-0.39, 0.29) is 16.7 Å². The molecule has 0 fully saturated rings. The molecule has 0 spiro atoms. The van der Waals surface area contributed by atoms with E-state index in [0.29, 0.717) is 11.6 Å². The molecule has 22 heavy (non-hydrogen) atoms. The fraction of sp³-hybridized carbons (Fsp3) is 0.625. The molecule has 2 aromatic heterocycles. The lowest BCUT2D eigenvalue weighted by Crippen LogP contribution is -2.22. The molecule has 0 saturated heterocycles. The van der Waals surface area contributed by atoms with Crippen molar-refractivity contribution < 1.29 is 0 Å². The largest absolute Gasteiger partial charge is 0.354 e. The van der Waals surface area contributed by atoms with E-state index in [9.17, 15) is 5.26 Å². The third-order valence-corrected chi connectivity index (χ3v) is 3.04. The maximum Gasteiger partial charge on any atom is 0.237 e. The molecule has 0 amide bonds. The molecule has 0 aliphatic rings. The topological polar surface area (TPSA) is 78.9 Å². The van der Waals surface area contributed by atoms with Crippen LogP contribution in [-0.2, 0) is 6.42 Å². The highest BCUT2D eigenvalue weighted by atomic mass is 15.3. The van der Waals surface area contributed by atoms with Crippen LogP contribution in [0.5, 0.6) is 0 Å². The highest BCUT2D eigenvalue weighted by Crippen LogP contribution is 2.24.